The van der Waals surface area contributed by atoms with Gasteiger partial charge < -0.3 is 25.3 Å². The fourth-order valence-corrected chi connectivity index (χ4v) is 3.19. The van der Waals surface area contributed by atoms with E-state index in [-0.39, 0.29) is 29.6 Å². The topological polar surface area (TPSA) is 78.1 Å². The molecule has 0 aliphatic heterocycles. The Balaban J connectivity index is 0.00000338. The maximum absolute atomic E-state index is 6.16. The number of hydrogen-bond donors (Lipinski definition) is 2. The summed E-state index contributed by atoms with van der Waals surface area (Å²) in [5, 5.41) is 3.12. The fraction of sp³-hybridized carbons (Fsp3) is 0.632. The second-order valence-electron chi connectivity index (χ2n) is 6.49. The van der Waals surface area contributed by atoms with E-state index in [0.717, 1.165) is 31.6 Å². The SMILES string of the molecule is CCCOC1(CN=C(N)Nc2ccc(OC)c(OC)c2)CCCCC1.I. The van der Waals surface area contributed by atoms with E-state index in [0.29, 0.717) is 24.0 Å². The zero-order valence-corrected chi connectivity index (χ0v) is 18.4. The highest BCUT2D eigenvalue weighted by Crippen LogP contribution is 2.32. The number of guanidine groups is 1. The first kappa shape index (κ1) is 22.8. The van der Waals surface area contributed by atoms with Crippen molar-refractivity contribution in [2.24, 2.45) is 10.7 Å². The average molecular weight is 477 g/mol. The van der Waals surface area contributed by atoms with E-state index in [2.05, 4.69) is 17.2 Å². The predicted octanol–water partition coefficient (Wildman–Crippen LogP) is 4.18. The molecule has 0 amide bonds. The van der Waals surface area contributed by atoms with Crippen molar-refractivity contribution < 1.29 is 14.2 Å². The number of benzene rings is 1. The molecule has 0 unspecified atom stereocenters. The van der Waals surface area contributed by atoms with Crippen molar-refractivity contribution in [3.63, 3.8) is 0 Å². The summed E-state index contributed by atoms with van der Waals surface area (Å²) in [6.45, 7) is 3.50. The molecule has 2 rings (SSSR count). The summed E-state index contributed by atoms with van der Waals surface area (Å²) >= 11 is 0. The molecule has 1 aromatic carbocycles. The van der Waals surface area contributed by atoms with Crippen molar-refractivity contribution in [3.8, 4) is 11.5 Å². The molecule has 0 radical (unpaired) electrons. The van der Waals surface area contributed by atoms with Gasteiger partial charge in [-0.1, -0.05) is 26.2 Å². The van der Waals surface area contributed by atoms with E-state index in [1.165, 1.54) is 19.3 Å². The Morgan fingerprint density at radius 2 is 1.85 bits per heavy atom. The molecule has 1 aliphatic carbocycles. The number of anilines is 1. The second kappa shape index (κ2) is 11.5. The van der Waals surface area contributed by atoms with Gasteiger partial charge in [0.05, 0.1) is 26.4 Å². The minimum atomic E-state index is -0.155. The first-order valence-corrected chi connectivity index (χ1v) is 9.05. The normalized spacial score (nSPS) is 16.5. The molecule has 6 nitrogen and oxygen atoms in total. The molecular formula is C19H32IN3O3. The molecule has 3 N–H and O–H groups in total. The lowest BCUT2D eigenvalue weighted by Crippen LogP contribution is -2.39. The smallest absolute Gasteiger partial charge is 0.193 e. The van der Waals surface area contributed by atoms with Crippen LogP contribution in [0.2, 0.25) is 0 Å². The summed E-state index contributed by atoms with van der Waals surface area (Å²) in [6, 6.07) is 5.56. The minimum absolute atomic E-state index is 0. The molecule has 1 aliphatic rings. The summed E-state index contributed by atoms with van der Waals surface area (Å²) in [6.07, 6.45) is 6.80. The van der Waals surface area contributed by atoms with Crippen LogP contribution in [-0.4, -0.2) is 38.9 Å². The first-order valence-electron chi connectivity index (χ1n) is 9.05. The molecule has 0 aromatic heterocycles. The Kier molecular flexibility index (Phi) is 10.1. The van der Waals surface area contributed by atoms with Crippen LogP contribution in [0.1, 0.15) is 45.4 Å². The van der Waals surface area contributed by atoms with Gasteiger partial charge in [-0.25, -0.2) is 0 Å². The van der Waals surface area contributed by atoms with Crippen LogP contribution in [0.15, 0.2) is 23.2 Å². The summed E-state index contributed by atoms with van der Waals surface area (Å²) in [4.78, 5) is 4.55. The van der Waals surface area contributed by atoms with Gasteiger partial charge in [-0.05, 0) is 31.4 Å². The van der Waals surface area contributed by atoms with E-state index in [1.54, 1.807) is 14.2 Å². The van der Waals surface area contributed by atoms with Gasteiger partial charge in [-0.3, -0.25) is 4.99 Å². The third-order valence-corrected chi connectivity index (χ3v) is 4.57. The lowest BCUT2D eigenvalue weighted by Gasteiger charge is -2.36. The lowest BCUT2D eigenvalue weighted by atomic mass is 9.84. The highest BCUT2D eigenvalue weighted by molar-refractivity contribution is 14.0. The van der Waals surface area contributed by atoms with E-state index >= 15 is 0 Å². The number of hydrogen-bond acceptors (Lipinski definition) is 4. The molecule has 1 fully saturated rings. The molecule has 0 bridgehead atoms. The molecule has 1 aromatic rings. The Morgan fingerprint density at radius 1 is 1.15 bits per heavy atom. The van der Waals surface area contributed by atoms with E-state index in [1.807, 2.05) is 18.2 Å². The zero-order valence-electron chi connectivity index (χ0n) is 16.0. The van der Waals surface area contributed by atoms with Gasteiger partial charge in [0.15, 0.2) is 17.5 Å². The second-order valence-corrected chi connectivity index (χ2v) is 6.49. The van der Waals surface area contributed by atoms with Gasteiger partial charge in [-0.15, -0.1) is 24.0 Å². The van der Waals surface area contributed by atoms with Crippen LogP contribution in [-0.2, 0) is 4.74 Å². The summed E-state index contributed by atoms with van der Waals surface area (Å²) in [7, 11) is 3.22. The van der Waals surface area contributed by atoms with Gasteiger partial charge >= 0.3 is 0 Å². The molecule has 1 saturated carbocycles. The molecule has 0 saturated heterocycles. The van der Waals surface area contributed by atoms with Crippen molar-refractivity contribution in [3.05, 3.63) is 18.2 Å². The summed E-state index contributed by atoms with van der Waals surface area (Å²) < 4.78 is 16.7. The zero-order chi connectivity index (χ0) is 18.1. The van der Waals surface area contributed by atoms with Crippen molar-refractivity contribution >= 4 is 35.6 Å². The Hall–Kier alpha value is -1.22. The van der Waals surface area contributed by atoms with Crippen molar-refractivity contribution in [1.29, 1.82) is 0 Å². The van der Waals surface area contributed by atoms with Gasteiger partial charge in [0.2, 0.25) is 0 Å². The third-order valence-electron chi connectivity index (χ3n) is 4.57. The lowest BCUT2D eigenvalue weighted by molar-refractivity contribution is -0.0624. The fourth-order valence-electron chi connectivity index (χ4n) is 3.19. The molecular weight excluding hydrogens is 445 g/mol. The molecule has 148 valence electrons. The number of halogens is 1. The molecule has 0 atom stereocenters. The number of nitrogens with zero attached hydrogens (tertiary/aromatic N) is 1. The van der Waals surface area contributed by atoms with Gasteiger partial charge in [0.25, 0.3) is 0 Å². The molecule has 0 spiro atoms. The summed E-state index contributed by atoms with van der Waals surface area (Å²) in [5.41, 5.74) is 6.74. The third kappa shape index (κ3) is 6.50. The Bertz CT molecular complexity index is 575. The quantitative estimate of drug-likeness (QED) is 0.334. The summed E-state index contributed by atoms with van der Waals surface area (Å²) in [5.74, 6) is 1.71. The van der Waals surface area contributed by atoms with Crippen LogP contribution in [0.3, 0.4) is 0 Å². The standard InChI is InChI=1S/C19H31N3O3.HI/c1-4-12-25-19(10-6-5-7-11-19)14-21-18(20)22-15-8-9-16(23-2)17(13-15)24-3;/h8-9,13H,4-7,10-12,14H2,1-3H3,(H3,20,21,22);1H. The average Bonchev–Trinajstić information content (AvgIpc) is 2.65. The van der Waals surface area contributed by atoms with E-state index in [9.17, 15) is 0 Å². The van der Waals surface area contributed by atoms with Crippen LogP contribution in [0.25, 0.3) is 0 Å². The Labute approximate surface area is 173 Å². The monoisotopic (exact) mass is 477 g/mol. The van der Waals surface area contributed by atoms with E-state index < -0.39 is 0 Å². The maximum atomic E-state index is 6.16. The van der Waals surface area contributed by atoms with Gasteiger partial charge in [-0.2, -0.15) is 0 Å². The van der Waals surface area contributed by atoms with E-state index in [4.69, 9.17) is 19.9 Å². The number of ether oxygens (including phenoxy) is 3. The Morgan fingerprint density at radius 3 is 2.46 bits per heavy atom. The molecule has 0 heterocycles. The van der Waals surface area contributed by atoms with Crippen molar-refractivity contribution in [2.75, 3.05) is 32.7 Å². The van der Waals surface area contributed by atoms with Crippen LogP contribution >= 0.6 is 24.0 Å². The number of methoxy groups -OCH3 is 2. The molecule has 26 heavy (non-hydrogen) atoms. The molecule has 7 heteroatoms. The maximum Gasteiger partial charge on any atom is 0.193 e. The van der Waals surface area contributed by atoms with Crippen molar-refractivity contribution in [1.82, 2.24) is 0 Å². The number of nitrogens with two attached hydrogens (primary N) is 1. The highest BCUT2D eigenvalue weighted by Gasteiger charge is 2.32. The van der Waals surface area contributed by atoms with Crippen LogP contribution in [0, 0.1) is 0 Å². The first-order chi connectivity index (χ1) is 12.1. The van der Waals surface area contributed by atoms with Crippen LogP contribution in [0.5, 0.6) is 11.5 Å². The number of nitrogens with one attached hydrogen (secondary N) is 1. The van der Waals surface area contributed by atoms with Crippen molar-refractivity contribution in [2.45, 2.75) is 51.0 Å². The minimum Gasteiger partial charge on any atom is -0.493 e. The van der Waals surface area contributed by atoms with Gasteiger partial charge in [0, 0.05) is 18.4 Å². The largest absolute Gasteiger partial charge is 0.493 e. The number of rotatable bonds is 8. The predicted molar refractivity (Wildman–Crippen MR) is 117 cm³/mol. The van der Waals surface area contributed by atoms with Crippen LogP contribution in [0.4, 0.5) is 5.69 Å². The van der Waals surface area contributed by atoms with Gasteiger partial charge in [0.1, 0.15) is 0 Å². The highest BCUT2D eigenvalue weighted by atomic mass is 127. The van der Waals surface area contributed by atoms with Crippen LogP contribution < -0.4 is 20.5 Å². The number of aliphatic imine (C=N–C) groups is 1.